The van der Waals surface area contributed by atoms with Crippen molar-refractivity contribution in [3.63, 3.8) is 0 Å². The van der Waals surface area contributed by atoms with Gasteiger partial charge in [0.15, 0.2) is 16.3 Å². The Morgan fingerprint density at radius 1 is 1.14 bits per heavy atom. The van der Waals surface area contributed by atoms with Crippen molar-refractivity contribution >= 4 is 37.5 Å². The van der Waals surface area contributed by atoms with Crippen LogP contribution in [-0.4, -0.2) is 50.5 Å². The van der Waals surface area contributed by atoms with Gasteiger partial charge in [-0.3, -0.25) is 4.79 Å². The third-order valence-electron chi connectivity index (χ3n) is 6.50. The normalized spacial score (nSPS) is 15.2. The Balaban J connectivity index is 1.65. The molecule has 8 nitrogen and oxygen atoms in total. The predicted molar refractivity (Wildman–Crippen MR) is 140 cm³/mol. The molecule has 0 saturated heterocycles. The molecule has 1 heterocycles. The molecule has 1 aliphatic rings. The molecule has 1 aromatic heterocycles. The molecule has 1 aliphatic carbocycles. The van der Waals surface area contributed by atoms with Crippen molar-refractivity contribution in [2.45, 2.75) is 49.6 Å². The molecule has 0 radical (unpaired) electrons. The summed E-state index contributed by atoms with van der Waals surface area (Å²) in [5.41, 5.74) is 1.06. The Morgan fingerprint density at radius 2 is 1.78 bits per heavy atom. The van der Waals surface area contributed by atoms with E-state index in [2.05, 4.69) is 10.9 Å². The lowest BCUT2D eigenvalue weighted by atomic mass is 9.96. The molecule has 0 unspecified atom stereocenters. The minimum atomic E-state index is -3.64. The van der Waals surface area contributed by atoms with Crippen molar-refractivity contribution in [3.05, 3.63) is 46.8 Å². The summed E-state index contributed by atoms with van der Waals surface area (Å²) in [5.74, 6) is 3.21. The molecule has 190 valence electrons. The van der Waals surface area contributed by atoms with E-state index in [9.17, 15) is 13.2 Å². The molecular formula is C26H29N3O5S2. The first-order valence-electron chi connectivity index (χ1n) is 11.7. The van der Waals surface area contributed by atoms with Crippen LogP contribution in [0.4, 0.5) is 0 Å². The zero-order valence-corrected chi connectivity index (χ0v) is 22.2. The second-order valence-corrected chi connectivity index (χ2v) is 11.6. The molecule has 1 fully saturated rings. The van der Waals surface area contributed by atoms with Crippen LogP contribution in [0.15, 0.2) is 46.3 Å². The van der Waals surface area contributed by atoms with E-state index >= 15 is 0 Å². The van der Waals surface area contributed by atoms with Gasteiger partial charge in [-0.2, -0.15) is 9.30 Å². The summed E-state index contributed by atoms with van der Waals surface area (Å²) in [7, 11) is 1.10. The van der Waals surface area contributed by atoms with E-state index in [4.69, 9.17) is 15.9 Å². The van der Waals surface area contributed by atoms with Crippen molar-refractivity contribution in [2.24, 2.45) is 4.99 Å². The molecule has 3 aromatic rings. The summed E-state index contributed by atoms with van der Waals surface area (Å²) in [6, 6.07) is 9.56. The summed E-state index contributed by atoms with van der Waals surface area (Å²) in [6.45, 7) is 0.215. The Hall–Kier alpha value is -3.13. The predicted octanol–water partition coefficient (Wildman–Crippen LogP) is 4.05. The zero-order chi connectivity index (χ0) is 25.9. The van der Waals surface area contributed by atoms with Gasteiger partial charge in [0, 0.05) is 30.8 Å². The third kappa shape index (κ3) is 5.05. The second kappa shape index (κ2) is 10.9. The lowest BCUT2D eigenvalue weighted by molar-refractivity contribution is 0.0997. The molecule has 1 saturated carbocycles. The highest BCUT2D eigenvalue weighted by atomic mass is 32.2. The molecule has 2 aromatic carbocycles. The Morgan fingerprint density at radius 3 is 2.39 bits per heavy atom. The zero-order valence-electron chi connectivity index (χ0n) is 20.6. The Bertz CT molecular complexity index is 1470. The number of fused-ring (bicyclic) bond motifs is 1. The quantitative estimate of drug-likeness (QED) is 0.433. The van der Waals surface area contributed by atoms with Crippen LogP contribution in [0.25, 0.3) is 10.2 Å². The number of carbonyl (C=O) groups is 1. The van der Waals surface area contributed by atoms with Crippen LogP contribution in [0.1, 0.15) is 42.5 Å². The highest BCUT2D eigenvalue weighted by Gasteiger charge is 2.29. The number of terminal acetylenes is 1. The largest absolute Gasteiger partial charge is 0.493 e. The number of methoxy groups -OCH3 is 2. The maximum atomic E-state index is 13.1. The van der Waals surface area contributed by atoms with Gasteiger partial charge in [0.05, 0.1) is 35.9 Å². The van der Waals surface area contributed by atoms with Crippen LogP contribution >= 0.6 is 11.3 Å². The van der Waals surface area contributed by atoms with Crippen LogP contribution in [0.3, 0.4) is 0 Å². The number of amides is 1. The van der Waals surface area contributed by atoms with Gasteiger partial charge in [-0.15, -0.1) is 6.42 Å². The maximum Gasteiger partial charge on any atom is 0.279 e. The fraction of sp³-hybridized carbons (Fsp3) is 0.385. The number of ether oxygens (including phenoxy) is 2. The smallest absolute Gasteiger partial charge is 0.279 e. The van der Waals surface area contributed by atoms with Gasteiger partial charge in [-0.05, 0) is 37.1 Å². The fourth-order valence-electron chi connectivity index (χ4n) is 4.45. The topological polar surface area (TPSA) is 90.2 Å². The van der Waals surface area contributed by atoms with Gasteiger partial charge >= 0.3 is 0 Å². The summed E-state index contributed by atoms with van der Waals surface area (Å²) >= 11 is 1.30. The standard InChI is InChI=1S/C26H29N3O5S2/c1-5-15-29-21-16-22(33-3)23(34-4)17-24(21)35-26(29)27-25(30)18-11-13-20(14-12-18)36(31,32)28(2)19-9-7-6-8-10-19/h1,11-14,16-17,19H,6-10,15H2,2-4H3. The first kappa shape index (κ1) is 25.9. The number of hydrogen-bond acceptors (Lipinski definition) is 6. The fourth-order valence-corrected chi connectivity index (χ4v) is 6.91. The molecule has 0 aliphatic heterocycles. The molecule has 0 N–H and O–H groups in total. The third-order valence-corrected chi connectivity index (χ3v) is 9.47. The average Bonchev–Trinajstić information content (AvgIpc) is 3.23. The molecule has 36 heavy (non-hydrogen) atoms. The minimum Gasteiger partial charge on any atom is -0.493 e. The Kier molecular flexibility index (Phi) is 7.83. The molecule has 0 atom stereocenters. The summed E-state index contributed by atoms with van der Waals surface area (Å²) in [6.07, 6.45) is 10.5. The first-order chi connectivity index (χ1) is 17.3. The van der Waals surface area contributed by atoms with Crippen molar-refractivity contribution in [2.75, 3.05) is 21.3 Å². The van der Waals surface area contributed by atoms with Crippen molar-refractivity contribution in [1.82, 2.24) is 8.87 Å². The maximum absolute atomic E-state index is 13.1. The summed E-state index contributed by atoms with van der Waals surface area (Å²) in [5, 5.41) is 0. The number of benzene rings is 2. The van der Waals surface area contributed by atoms with Crippen molar-refractivity contribution in [3.8, 4) is 23.8 Å². The van der Waals surface area contributed by atoms with Crippen molar-refractivity contribution in [1.29, 1.82) is 0 Å². The van der Waals surface area contributed by atoms with Gasteiger partial charge in [-0.25, -0.2) is 8.42 Å². The SMILES string of the molecule is C#CCn1c(=NC(=O)c2ccc(S(=O)(=O)N(C)C3CCCCC3)cc2)sc2cc(OC)c(OC)cc21. The van der Waals surface area contributed by atoms with Crippen LogP contribution < -0.4 is 14.3 Å². The highest BCUT2D eigenvalue weighted by molar-refractivity contribution is 7.89. The second-order valence-electron chi connectivity index (χ2n) is 8.60. The van der Waals surface area contributed by atoms with E-state index in [1.807, 2.05) is 6.07 Å². The van der Waals surface area contributed by atoms with Crippen LogP contribution in [0.5, 0.6) is 11.5 Å². The van der Waals surface area contributed by atoms with E-state index in [0.29, 0.717) is 16.3 Å². The lowest BCUT2D eigenvalue weighted by Gasteiger charge is -2.30. The number of rotatable bonds is 7. The monoisotopic (exact) mass is 527 g/mol. The number of thiazole rings is 1. The number of nitrogens with zero attached hydrogens (tertiary/aromatic N) is 3. The van der Waals surface area contributed by atoms with Gasteiger partial charge in [0.2, 0.25) is 10.0 Å². The van der Waals surface area contributed by atoms with Crippen LogP contribution in [0, 0.1) is 12.3 Å². The molecule has 0 bridgehead atoms. The number of sulfonamides is 1. The Labute approximate surface area is 215 Å². The van der Waals surface area contributed by atoms with E-state index in [1.165, 1.54) is 39.9 Å². The number of hydrogen-bond donors (Lipinski definition) is 0. The molecular weight excluding hydrogens is 498 g/mol. The van der Waals surface area contributed by atoms with Crippen LogP contribution in [-0.2, 0) is 16.6 Å². The summed E-state index contributed by atoms with van der Waals surface area (Å²) < 4.78 is 41.0. The average molecular weight is 528 g/mol. The molecule has 0 spiro atoms. The van der Waals surface area contributed by atoms with E-state index < -0.39 is 15.9 Å². The van der Waals surface area contributed by atoms with Gasteiger partial charge in [-0.1, -0.05) is 36.5 Å². The number of carbonyl (C=O) groups excluding carboxylic acids is 1. The first-order valence-corrected chi connectivity index (χ1v) is 13.9. The molecule has 1 amide bonds. The van der Waals surface area contributed by atoms with E-state index in [-0.39, 0.29) is 23.0 Å². The van der Waals surface area contributed by atoms with Crippen molar-refractivity contribution < 1.29 is 22.7 Å². The number of aromatic nitrogens is 1. The minimum absolute atomic E-state index is 0.0110. The van der Waals surface area contributed by atoms with Gasteiger partial charge in [0.1, 0.15) is 0 Å². The molecule has 4 rings (SSSR count). The molecule has 10 heteroatoms. The van der Waals surface area contributed by atoms with Gasteiger partial charge in [0.25, 0.3) is 5.91 Å². The van der Waals surface area contributed by atoms with Crippen LogP contribution in [0.2, 0.25) is 0 Å². The summed E-state index contributed by atoms with van der Waals surface area (Å²) in [4.78, 5) is 17.9. The lowest BCUT2D eigenvalue weighted by Crippen LogP contribution is -2.38. The highest BCUT2D eigenvalue weighted by Crippen LogP contribution is 2.33. The van der Waals surface area contributed by atoms with E-state index in [0.717, 1.165) is 42.3 Å². The van der Waals surface area contributed by atoms with E-state index in [1.54, 1.807) is 31.9 Å². The van der Waals surface area contributed by atoms with Gasteiger partial charge < -0.3 is 14.0 Å².